The molecule has 0 radical (unpaired) electrons. The number of hydrogen-bond acceptors (Lipinski definition) is 3. The lowest BCUT2D eigenvalue weighted by molar-refractivity contribution is 0.0941. The largest absolute Gasteiger partial charge is 0.490 e. The maximum Gasteiger partial charge on any atom is 0.252 e. The molecule has 3 aromatic rings. The molecule has 1 heterocycles. The Balaban J connectivity index is 1.57. The number of fused-ring (bicyclic) bond motifs is 2. The van der Waals surface area contributed by atoms with Crippen molar-refractivity contribution >= 4 is 16.7 Å². The monoisotopic (exact) mass is 347 g/mol. The van der Waals surface area contributed by atoms with E-state index in [1.807, 2.05) is 67.6 Å². The molecule has 0 saturated carbocycles. The van der Waals surface area contributed by atoms with E-state index in [9.17, 15) is 4.79 Å². The first-order valence-electron chi connectivity index (χ1n) is 8.90. The Morgan fingerprint density at radius 1 is 0.962 bits per heavy atom. The number of ether oxygens (including phenoxy) is 2. The molecule has 0 fully saturated rings. The Kier molecular flexibility index (Phi) is 4.48. The molecule has 1 aliphatic rings. The summed E-state index contributed by atoms with van der Waals surface area (Å²) in [5.74, 6) is 1.42. The summed E-state index contributed by atoms with van der Waals surface area (Å²) < 4.78 is 11.4. The molecular formula is C22H21NO3. The van der Waals surface area contributed by atoms with E-state index in [4.69, 9.17) is 9.47 Å². The van der Waals surface area contributed by atoms with E-state index in [2.05, 4.69) is 5.32 Å². The average molecular weight is 347 g/mol. The number of amides is 1. The van der Waals surface area contributed by atoms with Crippen molar-refractivity contribution < 1.29 is 14.3 Å². The van der Waals surface area contributed by atoms with Crippen LogP contribution in [0.3, 0.4) is 0 Å². The van der Waals surface area contributed by atoms with Crippen molar-refractivity contribution in [3.05, 3.63) is 71.8 Å². The van der Waals surface area contributed by atoms with Crippen LogP contribution in [-0.4, -0.2) is 19.1 Å². The number of benzene rings is 3. The number of nitrogens with one attached hydrogen (secondary N) is 1. The molecule has 4 rings (SSSR count). The molecule has 3 aromatic carbocycles. The zero-order chi connectivity index (χ0) is 17.9. The normalized spacial score (nSPS) is 14.5. The number of hydrogen-bond donors (Lipinski definition) is 1. The average Bonchev–Trinajstić information content (AvgIpc) is 2.92. The quantitative estimate of drug-likeness (QED) is 0.759. The van der Waals surface area contributed by atoms with Crippen molar-refractivity contribution in [3.8, 4) is 11.5 Å². The minimum atomic E-state index is -0.140. The van der Waals surface area contributed by atoms with E-state index in [-0.39, 0.29) is 11.9 Å². The van der Waals surface area contributed by atoms with Crippen LogP contribution < -0.4 is 14.8 Å². The van der Waals surface area contributed by atoms with Crippen molar-refractivity contribution in [1.29, 1.82) is 0 Å². The topological polar surface area (TPSA) is 47.6 Å². The van der Waals surface area contributed by atoms with Crippen LogP contribution in [0, 0.1) is 0 Å². The predicted molar refractivity (Wildman–Crippen MR) is 102 cm³/mol. The second-order valence-corrected chi connectivity index (χ2v) is 6.48. The van der Waals surface area contributed by atoms with E-state index in [0.717, 1.165) is 34.3 Å². The first kappa shape index (κ1) is 16.5. The lowest BCUT2D eigenvalue weighted by atomic mass is 10.0. The summed E-state index contributed by atoms with van der Waals surface area (Å²) >= 11 is 0. The van der Waals surface area contributed by atoms with Gasteiger partial charge in [0, 0.05) is 12.0 Å². The minimum absolute atomic E-state index is 0.0820. The molecule has 0 saturated heterocycles. The molecule has 4 nitrogen and oxygen atoms in total. The van der Waals surface area contributed by atoms with Gasteiger partial charge in [0.2, 0.25) is 0 Å². The minimum Gasteiger partial charge on any atom is -0.490 e. The van der Waals surface area contributed by atoms with Gasteiger partial charge in [0.25, 0.3) is 5.91 Å². The lowest BCUT2D eigenvalue weighted by Gasteiger charge is -2.17. The number of rotatable bonds is 3. The zero-order valence-corrected chi connectivity index (χ0v) is 14.7. The Hall–Kier alpha value is -3.01. The van der Waals surface area contributed by atoms with E-state index in [0.29, 0.717) is 18.8 Å². The van der Waals surface area contributed by atoms with Gasteiger partial charge in [-0.25, -0.2) is 0 Å². The molecule has 1 N–H and O–H groups in total. The van der Waals surface area contributed by atoms with Gasteiger partial charge in [-0.05, 0) is 41.5 Å². The summed E-state index contributed by atoms with van der Waals surface area (Å²) in [4.78, 5) is 12.8. The van der Waals surface area contributed by atoms with Gasteiger partial charge in [0.05, 0.1) is 19.3 Å². The molecule has 4 heteroatoms. The Morgan fingerprint density at radius 2 is 1.73 bits per heavy atom. The summed E-state index contributed by atoms with van der Waals surface area (Å²) in [5.41, 5.74) is 1.67. The Morgan fingerprint density at radius 3 is 2.62 bits per heavy atom. The summed E-state index contributed by atoms with van der Waals surface area (Å²) in [6.45, 7) is 3.29. The fourth-order valence-corrected chi connectivity index (χ4v) is 3.23. The maximum atomic E-state index is 12.8. The predicted octanol–water partition coefficient (Wildman–Crippen LogP) is 4.49. The molecule has 1 aliphatic heterocycles. The molecule has 1 amide bonds. The van der Waals surface area contributed by atoms with E-state index >= 15 is 0 Å². The standard InChI is InChI=1S/C22H21NO3/c1-15(17-10-11-20-21(14-17)26-13-5-12-25-20)23-22(24)19-9-4-7-16-6-2-3-8-18(16)19/h2-4,6-11,14-15H,5,12-13H2,1H3,(H,23,24)/t15-/m1/s1. The molecule has 0 bridgehead atoms. The third-order valence-electron chi connectivity index (χ3n) is 4.65. The SMILES string of the molecule is C[C@@H](NC(=O)c1cccc2ccccc12)c1ccc2c(c1)OCCCO2. The van der Waals surface area contributed by atoms with Crippen molar-refractivity contribution in [2.75, 3.05) is 13.2 Å². The second-order valence-electron chi connectivity index (χ2n) is 6.48. The van der Waals surface area contributed by atoms with Gasteiger partial charge < -0.3 is 14.8 Å². The van der Waals surface area contributed by atoms with Crippen LogP contribution in [0.15, 0.2) is 60.7 Å². The smallest absolute Gasteiger partial charge is 0.252 e. The van der Waals surface area contributed by atoms with Gasteiger partial charge in [0.1, 0.15) is 0 Å². The van der Waals surface area contributed by atoms with E-state index in [1.165, 1.54) is 0 Å². The number of carbonyl (C=O) groups excluding carboxylic acids is 1. The van der Waals surface area contributed by atoms with Crippen LogP contribution in [0.1, 0.15) is 35.3 Å². The Labute approximate surface area is 152 Å². The van der Waals surface area contributed by atoms with E-state index in [1.54, 1.807) is 0 Å². The lowest BCUT2D eigenvalue weighted by Crippen LogP contribution is -2.26. The molecule has 0 aliphatic carbocycles. The molecular weight excluding hydrogens is 326 g/mol. The van der Waals surface area contributed by atoms with Crippen LogP contribution in [0.2, 0.25) is 0 Å². The van der Waals surface area contributed by atoms with Crippen LogP contribution >= 0.6 is 0 Å². The maximum absolute atomic E-state index is 12.8. The summed E-state index contributed by atoms with van der Waals surface area (Å²) in [5, 5.41) is 5.11. The van der Waals surface area contributed by atoms with Crippen molar-refractivity contribution in [2.24, 2.45) is 0 Å². The number of carbonyl (C=O) groups is 1. The van der Waals surface area contributed by atoms with Crippen LogP contribution in [0.25, 0.3) is 10.8 Å². The van der Waals surface area contributed by atoms with Gasteiger partial charge in [-0.1, -0.05) is 42.5 Å². The van der Waals surface area contributed by atoms with Crippen LogP contribution in [0.4, 0.5) is 0 Å². The highest BCUT2D eigenvalue weighted by atomic mass is 16.5. The third-order valence-corrected chi connectivity index (χ3v) is 4.65. The van der Waals surface area contributed by atoms with Crippen molar-refractivity contribution in [2.45, 2.75) is 19.4 Å². The molecule has 1 atom stereocenters. The molecule has 132 valence electrons. The van der Waals surface area contributed by atoms with E-state index < -0.39 is 0 Å². The van der Waals surface area contributed by atoms with Gasteiger partial charge >= 0.3 is 0 Å². The van der Waals surface area contributed by atoms with Gasteiger partial charge in [-0.2, -0.15) is 0 Å². The molecule has 0 unspecified atom stereocenters. The zero-order valence-electron chi connectivity index (χ0n) is 14.7. The summed E-state index contributed by atoms with van der Waals surface area (Å²) in [6, 6.07) is 19.4. The van der Waals surface area contributed by atoms with Gasteiger partial charge in [-0.3, -0.25) is 4.79 Å². The Bertz CT molecular complexity index is 946. The fourth-order valence-electron chi connectivity index (χ4n) is 3.23. The van der Waals surface area contributed by atoms with Crippen molar-refractivity contribution in [3.63, 3.8) is 0 Å². The van der Waals surface area contributed by atoms with Crippen LogP contribution in [-0.2, 0) is 0 Å². The first-order chi connectivity index (χ1) is 12.7. The van der Waals surface area contributed by atoms with Gasteiger partial charge in [-0.15, -0.1) is 0 Å². The van der Waals surface area contributed by atoms with Crippen molar-refractivity contribution in [1.82, 2.24) is 5.32 Å². The van der Waals surface area contributed by atoms with Gasteiger partial charge in [0.15, 0.2) is 11.5 Å². The molecule has 0 spiro atoms. The second kappa shape index (κ2) is 7.08. The summed E-state index contributed by atoms with van der Waals surface area (Å²) in [7, 11) is 0. The highest BCUT2D eigenvalue weighted by Gasteiger charge is 2.17. The van der Waals surface area contributed by atoms with Crippen LogP contribution in [0.5, 0.6) is 11.5 Å². The molecule has 26 heavy (non-hydrogen) atoms. The highest BCUT2D eigenvalue weighted by molar-refractivity contribution is 6.07. The first-order valence-corrected chi connectivity index (χ1v) is 8.90. The third kappa shape index (κ3) is 3.23. The highest BCUT2D eigenvalue weighted by Crippen LogP contribution is 2.32. The summed E-state index contributed by atoms with van der Waals surface area (Å²) in [6.07, 6.45) is 0.872. The fraction of sp³-hybridized carbons (Fsp3) is 0.227. The molecule has 0 aromatic heterocycles.